The molecule has 0 N–H and O–H groups in total. The number of benzene rings is 4. The quantitative estimate of drug-likeness (QED) is 0.126. The van der Waals surface area contributed by atoms with Crippen molar-refractivity contribution in [1.82, 2.24) is 0 Å². The van der Waals surface area contributed by atoms with Gasteiger partial charge in [-0.3, -0.25) is 0 Å². The molecule has 0 aliphatic heterocycles. The van der Waals surface area contributed by atoms with Gasteiger partial charge >= 0.3 is 0 Å². The van der Waals surface area contributed by atoms with Gasteiger partial charge in [0.05, 0.1) is 16.1 Å². The third-order valence-electron chi connectivity index (χ3n) is 10.2. The van der Waals surface area contributed by atoms with E-state index in [1.54, 1.807) is 9.00 Å². The first kappa shape index (κ1) is 26.2. The summed E-state index contributed by atoms with van der Waals surface area (Å²) in [6.45, 7) is 14.5. The Morgan fingerprint density at radius 3 is 1.13 bits per heavy atom. The largest absolute Gasteiger partial charge is 0.145 e. The Bertz CT molecular complexity index is 1650. The predicted octanol–water partition coefficient (Wildman–Crippen LogP) is 11.0. The summed E-state index contributed by atoms with van der Waals surface area (Å²) in [6.07, 6.45) is 0. The average molecular weight is 569 g/mol. The fourth-order valence-electron chi connectivity index (χ4n) is 7.01. The summed E-state index contributed by atoms with van der Waals surface area (Å²) < 4.78 is 6.33. The first-order chi connectivity index (χ1) is 18.4. The summed E-state index contributed by atoms with van der Waals surface area (Å²) >= 11 is 4.17. The van der Waals surface area contributed by atoms with Crippen LogP contribution in [0.2, 0.25) is 36.3 Å². The molecule has 38 heavy (non-hydrogen) atoms. The highest BCUT2D eigenvalue weighted by Crippen LogP contribution is 2.38. The first-order valence-electron chi connectivity index (χ1n) is 14.7. The Morgan fingerprint density at radius 1 is 0.421 bits per heavy atom. The first-order valence-corrected chi connectivity index (χ1v) is 21.6. The zero-order valence-electron chi connectivity index (χ0n) is 23.8. The number of fused-ring (bicyclic) bond motifs is 7. The fraction of sp³-hybridized carbons (Fsp3) is 0.353. The van der Waals surface area contributed by atoms with E-state index in [4.69, 9.17) is 0 Å². The lowest BCUT2D eigenvalue weighted by Crippen LogP contribution is -2.43. The van der Waals surface area contributed by atoms with Gasteiger partial charge in [-0.05, 0) is 88.5 Å². The van der Waals surface area contributed by atoms with Crippen molar-refractivity contribution in [3.63, 3.8) is 0 Å². The van der Waals surface area contributed by atoms with E-state index < -0.39 is 16.1 Å². The molecule has 196 valence electrons. The molecule has 0 saturated carbocycles. The maximum atomic E-state index is 2.55. The summed E-state index contributed by atoms with van der Waals surface area (Å²) in [7, 11) is -2.73. The molecule has 6 aromatic rings. The van der Waals surface area contributed by atoms with Gasteiger partial charge in [0.1, 0.15) is 0 Å². The minimum Gasteiger partial charge on any atom is -0.145 e. The van der Waals surface area contributed by atoms with Gasteiger partial charge in [-0.25, -0.2) is 0 Å². The SMILES string of the molecule is CC[Si](CC)(CC)c1cc2cc3ccc4c5cc6sc([Si](CC)(CC)CC)cc6cc5ccc4c3cc2s1. The average Bonchev–Trinajstić information content (AvgIpc) is 3.57. The van der Waals surface area contributed by atoms with E-state index in [1.165, 1.54) is 88.8 Å². The minimum atomic E-state index is -1.37. The van der Waals surface area contributed by atoms with Crippen molar-refractivity contribution in [3.05, 3.63) is 60.7 Å². The maximum absolute atomic E-state index is 2.55. The Hall–Kier alpha value is -1.99. The van der Waals surface area contributed by atoms with Crippen LogP contribution in [-0.4, -0.2) is 16.1 Å². The van der Waals surface area contributed by atoms with Gasteiger partial charge in [0.25, 0.3) is 0 Å². The van der Waals surface area contributed by atoms with Crippen molar-refractivity contribution in [2.24, 2.45) is 0 Å². The second kappa shape index (κ2) is 9.89. The molecule has 2 aromatic heterocycles. The molecule has 4 aromatic carbocycles. The van der Waals surface area contributed by atoms with E-state index in [0.717, 1.165) is 0 Å². The van der Waals surface area contributed by atoms with E-state index in [2.05, 4.69) is 125 Å². The third kappa shape index (κ3) is 3.86. The van der Waals surface area contributed by atoms with Crippen LogP contribution in [0.1, 0.15) is 41.5 Å². The van der Waals surface area contributed by atoms with E-state index in [1.807, 2.05) is 0 Å². The Balaban J connectivity index is 1.56. The highest BCUT2D eigenvalue weighted by molar-refractivity contribution is 7.32. The van der Waals surface area contributed by atoms with Crippen LogP contribution in [0.15, 0.2) is 60.7 Å². The lowest BCUT2D eigenvalue weighted by Gasteiger charge is -2.26. The van der Waals surface area contributed by atoms with Crippen LogP contribution in [0.4, 0.5) is 0 Å². The molecular weight excluding hydrogens is 529 g/mol. The van der Waals surface area contributed by atoms with Crippen LogP contribution < -0.4 is 9.00 Å². The van der Waals surface area contributed by atoms with Crippen molar-refractivity contribution in [3.8, 4) is 0 Å². The van der Waals surface area contributed by atoms with Crippen molar-refractivity contribution < 1.29 is 0 Å². The highest BCUT2D eigenvalue weighted by atomic mass is 32.1. The molecule has 6 rings (SSSR count). The van der Waals surface area contributed by atoms with Gasteiger partial charge in [-0.2, -0.15) is 0 Å². The topological polar surface area (TPSA) is 0 Å². The molecule has 0 spiro atoms. The molecule has 0 nitrogen and oxygen atoms in total. The molecule has 0 aliphatic rings. The van der Waals surface area contributed by atoms with Gasteiger partial charge in [-0.1, -0.05) is 102 Å². The van der Waals surface area contributed by atoms with E-state index >= 15 is 0 Å². The van der Waals surface area contributed by atoms with E-state index in [9.17, 15) is 0 Å². The van der Waals surface area contributed by atoms with E-state index in [0.29, 0.717) is 0 Å². The standard InChI is InChI=1S/C34H40S2Si2/c1-7-37(8-2,9-3)33-19-25-17-23-13-15-28-27(29(23)21-31(25)35-33)16-14-24-18-26-20-34(36-32(26)22-30(24)28)38(10-4,11-5)12-6/h13-22H,7-12H2,1-6H3. The Kier molecular flexibility index (Phi) is 6.83. The number of hydrogen-bond donors (Lipinski definition) is 0. The summed E-state index contributed by atoms with van der Waals surface area (Å²) in [4.78, 5) is 0. The molecule has 0 atom stereocenters. The molecule has 0 saturated heterocycles. The zero-order valence-corrected chi connectivity index (χ0v) is 27.5. The zero-order chi connectivity index (χ0) is 26.7. The van der Waals surface area contributed by atoms with Gasteiger partial charge in [-0.15, -0.1) is 22.7 Å². The molecule has 4 heteroatoms. The van der Waals surface area contributed by atoms with Crippen LogP contribution in [-0.2, 0) is 0 Å². The number of thiophene rings is 2. The van der Waals surface area contributed by atoms with Gasteiger partial charge < -0.3 is 0 Å². The van der Waals surface area contributed by atoms with Crippen molar-refractivity contribution in [2.75, 3.05) is 0 Å². The van der Waals surface area contributed by atoms with Gasteiger partial charge in [0, 0.05) is 9.40 Å². The molecule has 0 fully saturated rings. The summed E-state index contributed by atoms with van der Waals surface area (Å²) in [6, 6.07) is 32.6. The monoisotopic (exact) mass is 568 g/mol. The molecule has 0 aliphatic carbocycles. The van der Waals surface area contributed by atoms with Crippen molar-refractivity contribution in [2.45, 2.75) is 77.8 Å². The van der Waals surface area contributed by atoms with Crippen LogP contribution in [0.25, 0.3) is 52.5 Å². The van der Waals surface area contributed by atoms with E-state index in [-0.39, 0.29) is 0 Å². The summed E-state index contributed by atoms with van der Waals surface area (Å²) in [5, 5.41) is 11.2. The molecule has 0 radical (unpaired) electrons. The Labute approximate surface area is 237 Å². The second-order valence-corrected chi connectivity index (χ2v) is 24.7. The van der Waals surface area contributed by atoms with Gasteiger partial charge in [0.2, 0.25) is 0 Å². The van der Waals surface area contributed by atoms with Crippen LogP contribution in [0.5, 0.6) is 0 Å². The van der Waals surface area contributed by atoms with Crippen LogP contribution in [0.3, 0.4) is 0 Å². The number of rotatable bonds is 8. The van der Waals surface area contributed by atoms with Crippen LogP contribution in [0, 0.1) is 0 Å². The normalized spacial score (nSPS) is 13.1. The maximum Gasteiger partial charge on any atom is 0.0987 e. The lowest BCUT2D eigenvalue weighted by atomic mass is 9.96. The molecular formula is C34H40S2Si2. The molecule has 0 bridgehead atoms. The summed E-state index contributed by atoms with van der Waals surface area (Å²) in [5.41, 5.74) is 0. The van der Waals surface area contributed by atoms with Crippen LogP contribution >= 0.6 is 22.7 Å². The lowest BCUT2D eigenvalue weighted by molar-refractivity contribution is 1.20. The van der Waals surface area contributed by atoms with Gasteiger partial charge in [0.15, 0.2) is 0 Å². The van der Waals surface area contributed by atoms with Crippen molar-refractivity contribution >= 4 is 100 Å². The summed E-state index contributed by atoms with van der Waals surface area (Å²) in [5.74, 6) is 0. The fourth-order valence-corrected chi connectivity index (χ4v) is 19.7. The third-order valence-corrected chi connectivity index (χ3v) is 25.7. The highest BCUT2D eigenvalue weighted by Gasteiger charge is 2.32. The molecule has 0 unspecified atom stereocenters. The Morgan fingerprint density at radius 2 is 0.789 bits per heavy atom. The predicted molar refractivity (Wildman–Crippen MR) is 183 cm³/mol. The minimum absolute atomic E-state index is 1.35. The second-order valence-electron chi connectivity index (χ2n) is 11.4. The molecule has 2 heterocycles. The molecule has 0 amide bonds. The van der Waals surface area contributed by atoms with Crippen molar-refractivity contribution in [1.29, 1.82) is 0 Å². The smallest absolute Gasteiger partial charge is 0.0987 e. The number of hydrogen-bond acceptors (Lipinski definition) is 2.